The summed E-state index contributed by atoms with van der Waals surface area (Å²) in [6.45, 7) is 3.95. The van der Waals surface area contributed by atoms with Crippen molar-refractivity contribution in [1.29, 1.82) is 0 Å². The van der Waals surface area contributed by atoms with Crippen LogP contribution in [0.15, 0.2) is 4.99 Å². The number of guanidine groups is 1. The molecule has 0 aromatic heterocycles. The fraction of sp³-hybridized carbons (Fsp3) is 0.800. The van der Waals surface area contributed by atoms with E-state index in [1.807, 2.05) is 0 Å². The molecule has 0 aromatic carbocycles. The van der Waals surface area contributed by atoms with E-state index in [0.29, 0.717) is 19.0 Å². The Labute approximate surface area is 103 Å². The number of urea groups is 1. The Hall–Kier alpha value is -1.50. The quantitative estimate of drug-likeness (QED) is 0.166. The smallest absolute Gasteiger partial charge is 0.316 e. The molecule has 0 bridgehead atoms. The highest BCUT2D eigenvalue weighted by Gasteiger charge is 2.01. The molecule has 0 aliphatic rings. The first kappa shape index (κ1) is 15.5. The maximum Gasteiger partial charge on any atom is 0.316 e. The van der Waals surface area contributed by atoms with E-state index in [9.17, 15) is 4.79 Å². The molecule has 0 heterocycles. The number of hydrazine groups is 1. The van der Waals surface area contributed by atoms with E-state index >= 15 is 0 Å². The fourth-order valence-electron chi connectivity index (χ4n) is 1.01. The molecule has 0 aromatic rings. The lowest BCUT2D eigenvalue weighted by Gasteiger charge is -2.13. The Morgan fingerprint density at radius 1 is 1.29 bits per heavy atom. The average molecular weight is 244 g/mol. The second-order valence-electron chi connectivity index (χ2n) is 3.78. The van der Waals surface area contributed by atoms with Gasteiger partial charge in [0.05, 0.1) is 0 Å². The van der Waals surface area contributed by atoms with E-state index in [0.717, 1.165) is 19.4 Å². The average Bonchev–Trinajstić information content (AvgIpc) is 2.31. The summed E-state index contributed by atoms with van der Waals surface area (Å²) >= 11 is 0. The highest BCUT2D eigenvalue weighted by molar-refractivity contribution is 5.79. The van der Waals surface area contributed by atoms with Crippen LogP contribution in [0.1, 0.15) is 19.8 Å². The summed E-state index contributed by atoms with van der Waals surface area (Å²) in [5.74, 6) is 5.86. The standard InChI is InChI=1S/C10H24N6O/c1-4-5-6-12-9(15-11)13-7-8-14-10(17)16(2)3/h4-8,11H2,1-3H3,(H,14,17)(H2,12,13,15). The first-order valence-corrected chi connectivity index (χ1v) is 5.81. The lowest BCUT2D eigenvalue weighted by Crippen LogP contribution is -2.45. The number of rotatable bonds is 6. The predicted octanol–water partition coefficient (Wildman–Crippen LogP) is -0.533. The van der Waals surface area contributed by atoms with Crippen molar-refractivity contribution >= 4 is 12.0 Å². The normalized spacial score (nSPS) is 10.9. The van der Waals surface area contributed by atoms with Crippen molar-refractivity contribution in [2.24, 2.45) is 10.8 Å². The van der Waals surface area contributed by atoms with Gasteiger partial charge in [0.1, 0.15) is 0 Å². The topological polar surface area (TPSA) is 94.8 Å². The van der Waals surface area contributed by atoms with Crippen LogP contribution < -0.4 is 21.9 Å². The second-order valence-corrected chi connectivity index (χ2v) is 3.78. The largest absolute Gasteiger partial charge is 0.354 e. The SMILES string of the molecule is CCCCN=C(NN)NCCNC(=O)N(C)C. The van der Waals surface area contributed by atoms with Gasteiger partial charge in [-0.05, 0) is 6.42 Å². The molecule has 100 valence electrons. The maximum absolute atomic E-state index is 11.2. The molecule has 0 atom stereocenters. The number of amides is 2. The predicted molar refractivity (Wildman–Crippen MR) is 69.6 cm³/mol. The zero-order chi connectivity index (χ0) is 13.1. The molecule has 0 unspecified atom stereocenters. The van der Waals surface area contributed by atoms with Gasteiger partial charge >= 0.3 is 6.03 Å². The number of nitrogens with two attached hydrogens (primary N) is 1. The van der Waals surface area contributed by atoms with Gasteiger partial charge in [0.25, 0.3) is 0 Å². The van der Waals surface area contributed by atoms with Gasteiger partial charge in [-0.3, -0.25) is 10.4 Å². The minimum Gasteiger partial charge on any atom is -0.354 e. The number of unbranched alkanes of at least 4 members (excludes halogenated alkanes) is 1. The summed E-state index contributed by atoms with van der Waals surface area (Å²) in [5.41, 5.74) is 2.49. The van der Waals surface area contributed by atoms with Crippen LogP contribution in [0.3, 0.4) is 0 Å². The molecule has 17 heavy (non-hydrogen) atoms. The molecule has 0 spiro atoms. The number of carbonyl (C=O) groups excluding carboxylic acids is 1. The Kier molecular flexibility index (Phi) is 8.85. The number of nitrogens with zero attached hydrogens (tertiary/aromatic N) is 2. The first-order chi connectivity index (χ1) is 8.11. The molecule has 5 N–H and O–H groups in total. The van der Waals surface area contributed by atoms with E-state index in [1.165, 1.54) is 4.90 Å². The second kappa shape index (κ2) is 9.71. The number of aliphatic imine (C=N–C) groups is 1. The van der Waals surface area contributed by atoms with Crippen molar-refractivity contribution in [2.75, 3.05) is 33.7 Å². The number of hydrogen-bond donors (Lipinski definition) is 4. The van der Waals surface area contributed by atoms with Crippen molar-refractivity contribution in [2.45, 2.75) is 19.8 Å². The van der Waals surface area contributed by atoms with Crippen molar-refractivity contribution in [3.63, 3.8) is 0 Å². The third kappa shape index (κ3) is 8.32. The number of carbonyl (C=O) groups is 1. The minimum absolute atomic E-state index is 0.114. The van der Waals surface area contributed by atoms with E-state index in [1.54, 1.807) is 14.1 Å². The molecule has 0 fully saturated rings. The van der Waals surface area contributed by atoms with Crippen LogP contribution >= 0.6 is 0 Å². The van der Waals surface area contributed by atoms with Gasteiger partial charge in [0.2, 0.25) is 5.96 Å². The molecule has 0 aliphatic carbocycles. The summed E-state index contributed by atoms with van der Waals surface area (Å²) < 4.78 is 0. The van der Waals surface area contributed by atoms with Crippen LogP contribution in [0.25, 0.3) is 0 Å². The van der Waals surface area contributed by atoms with E-state index in [2.05, 4.69) is 28.0 Å². The fourth-order valence-corrected chi connectivity index (χ4v) is 1.01. The third-order valence-electron chi connectivity index (χ3n) is 2.02. The number of nitrogens with one attached hydrogen (secondary N) is 3. The highest BCUT2D eigenvalue weighted by atomic mass is 16.2. The monoisotopic (exact) mass is 244 g/mol. The summed E-state index contributed by atoms with van der Waals surface area (Å²) in [7, 11) is 3.39. The molecule has 0 saturated carbocycles. The van der Waals surface area contributed by atoms with Crippen LogP contribution in [0.2, 0.25) is 0 Å². The summed E-state index contributed by atoms with van der Waals surface area (Å²) in [4.78, 5) is 16.9. The van der Waals surface area contributed by atoms with Crippen LogP contribution in [0.4, 0.5) is 4.79 Å². The maximum atomic E-state index is 11.2. The zero-order valence-electron chi connectivity index (χ0n) is 10.9. The first-order valence-electron chi connectivity index (χ1n) is 5.81. The summed E-state index contributed by atoms with van der Waals surface area (Å²) in [6, 6.07) is -0.114. The van der Waals surface area contributed by atoms with Gasteiger partial charge < -0.3 is 15.5 Å². The van der Waals surface area contributed by atoms with E-state index < -0.39 is 0 Å². The van der Waals surface area contributed by atoms with Crippen LogP contribution in [-0.4, -0.2) is 50.6 Å². The third-order valence-corrected chi connectivity index (χ3v) is 2.02. The van der Waals surface area contributed by atoms with Crippen molar-refractivity contribution in [3.8, 4) is 0 Å². The van der Waals surface area contributed by atoms with Gasteiger partial charge in [-0.15, -0.1) is 0 Å². The molecule has 7 nitrogen and oxygen atoms in total. The Morgan fingerprint density at radius 3 is 2.47 bits per heavy atom. The van der Waals surface area contributed by atoms with Gasteiger partial charge in [-0.25, -0.2) is 10.6 Å². The Balaban J connectivity index is 3.69. The molecule has 0 rings (SSSR count). The number of hydrogen-bond acceptors (Lipinski definition) is 3. The van der Waals surface area contributed by atoms with Crippen molar-refractivity contribution in [1.82, 2.24) is 21.0 Å². The Morgan fingerprint density at radius 2 is 1.94 bits per heavy atom. The van der Waals surface area contributed by atoms with Crippen molar-refractivity contribution < 1.29 is 4.79 Å². The summed E-state index contributed by atoms with van der Waals surface area (Å²) in [5, 5.41) is 5.73. The van der Waals surface area contributed by atoms with Crippen LogP contribution in [-0.2, 0) is 0 Å². The van der Waals surface area contributed by atoms with Gasteiger partial charge in [-0.2, -0.15) is 0 Å². The minimum atomic E-state index is -0.114. The molecule has 2 amide bonds. The van der Waals surface area contributed by atoms with Gasteiger partial charge in [0, 0.05) is 33.7 Å². The van der Waals surface area contributed by atoms with Crippen LogP contribution in [0, 0.1) is 0 Å². The molecular weight excluding hydrogens is 220 g/mol. The lowest BCUT2D eigenvalue weighted by atomic mass is 10.3. The molecule has 7 heteroatoms. The van der Waals surface area contributed by atoms with Crippen molar-refractivity contribution in [3.05, 3.63) is 0 Å². The van der Waals surface area contributed by atoms with Gasteiger partial charge in [0.15, 0.2) is 0 Å². The van der Waals surface area contributed by atoms with Crippen LogP contribution in [0.5, 0.6) is 0 Å². The highest BCUT2D eigenvalue weighted by Crippen LogP contribution is 1.86. The van der Waals surface area contributed by atoms with E-state index in [4.69, 9.17) is 5.84 Å². The van der Waals surface area contributed by atoms with Gasteiger partial charge in [-0.1, -0.05) is 13.3 Å². The Bertz CT molecular complexity index is 241. The molecule has 0 radical (unpaired) electrons. The van der Waals surface area contributed by atoms with E-state index in [-0.39, 0.29) is 6.03 Å². The molecule has 0 aliphatic heterocycles. The summed E-state index contributed by atoms with van der Waals surface area (Å²) in [6.07, 6.45) is 2.13. The molecular formula is C10H24N6O. The zero-order valence-corrected chi connectivity index (χ0v) is 10.9. The lowest BCUT2D eigenvalue weighted by molar-refractivity contribution is 0.217. The molecule has 0 saturated heterocycles.